The molecule has 6 nitrogen and oxygen atoms in total. The predicted molar refractivity (Wildman–Crippen MR) is 66.2 cm³/mol. The molecular weight excluding hydrogens is 234 g/mol. The molecule has 96 valence electrons. The summed E-state index contributed by atoms with van der Waals surface area (Å²) in [6, 6.07) is 1.69. The minimum Gasteiger partial charge on any atom is -0.462 e. The Morgan fingerprint density at radius 2 is 2.17 bits per heavy atom. The monoisotopic (exact) mass is 249 g/mol. The number of hydrogen-bond donors (Lipinski definition) is 2. The molecule has 0 fully saturated rings. The summed E-state index contributed by atoms with van der Waals surface area (Å²) >= 11 is 0. The number of esters is 1. The molecule has 0 amide bonds. The summed E-state index contributed by atoms with van der Waals surface area (Å²) in [6.07, 6.45) is 0. The Bertz CT molecular complexity index is 567. The zero-order valence-electron chi connectivity index (χ0n) is 10.5. The number of hydrogen-bond acceptors (Lipinski definition) is 5. The lowest BCUT2D eigenvalue weighted by molar-refractivity contribution is 0.0527. The molecule has 0 bridgehead atoms. The second kappa shape index (κ2) is 5.36. The van der Waals surface area contributed by atoms with Gasteiger partial charge in [0.2, 0.25) is 0 Å². The van der Waals surface area contributed by atoms with Crippen molar-refractivity contribution in [2.24, 2.45) is 0 Å². The van der Waals surface area contributed by atoms with Crippen LogP contribution in [0.15, 0.2) is 4.79 Å². The number of nitrogens with zero attached hydrogens (tertiary/aromatic N) is 1. The highest BCUT2D eigenvalue weighted by atomic mass is 16.5. The molecular formula is C12H15N3O3. The Balaban J connectivity index is 3.60. The molecule has 0 unspecified atom stereocenters. The van der Waals surface area contributed by atoms with E-state index in [2.05, 4.69) is 4.98 Å². The molecule has 3 N–H and O–H groups in total. The molecule has 1 heterocycles. The summed E-state index contributed by atoms with van der Waals surface area (Å²) in [5.74, 6) is -0.821. The maximum atomic E-state index is 11.8. The molecule has 0 saturated carbocycles. The average Bonchev–Trinajstić information content (AvgIpc) is 2.30. The van der Waals surface area contributed by atoms with Gasteiger partial charge in [-0.15, -0.1) is 0 Å². The fraction of sp³-hybridized carbons (Fsp3) is 0.417. The highest BCUT2D eigenvalue weighted by Gasteiger charge is 2.23. The second-order valence-electron chi connectivity index (χ2n) is 4.02. The summed E-state index contributed by atoms with van der Waals surface area (Å²) in [5, 5.41) is 8.94. The summed E-state index contributed by atoms with van der Waals surface area (Å²) in [6.45, 7) is 5.43. The Morgan fingerprint density at radius 3 is 2.61 bits per heavy atom. The Morgan fingerprint density at radius 1 is 1.56 bits per heavy atom. The Labute approximate surface area is 104 Å². The van der Waals surface area contributed by atoms with E-state index in [4.69, 9.17) is 15.7 Å². The normalized spacial score (nSPS) is 10.2. The molecule has 1 aromatic rings. The number of rotatable bonds is 3. The van der Waals surface area contributed by atoms with Crippen molar-refractivity contribution >= 4 is 11.7 Å². The van der Waals surface area contributed by atoms with Gasteiger partial charge in [0.25, 0.3) is 5.56 Å². The van der Waals surface area contributed by atoms with Crippen LogP contribution in [0.2, 0.25) is 0 Å². The molecule has 0 aliphatic carbocycles. The van der Waals surface area contributed by atoms with Gasteiger partial charge in [-0.1, -0.05) is 13.8 Å². The number of nitrogens with one attached hydrogen (secondary N) is 1. The molecule has 0 aromatic carbocycles. The number of aromatic amines is 1. The number of pyridine rings is 1. The number of nitrogen functional groups attached to an aromatic ring is 1. The lowest BCUT2D eigenvalue weighted by atomic mass is 10.0. The fourth-order valence-electron chi connectivity index (χ4n) is 1.61. The molecule has 1 rings (SSSR count). The van der Waals surface area contributed by atoms with Crippen LogP contribution in [0.4, 0.5) is 5.69 Å². The maximum Gasteiger partial charge on any atom is 0.341 e. The summed E-state index contributed by atoms with van der Waals surface area (Å²) in [5.41, 5.74) is 5.29. The number of aromatic nitrogens is 1. The van der Waals surface area contributed by atoms with Gasteiger partial charge < -0.3 is 15.5 Å². The van der Waals surface area contributed by atoms with E-state index in [1.54, 1.807) is 13.0 Å². The summed E-state index contributed by atoms with van der Waals surface area (Å²) in [7, 11) is 0. The summed E-state index contributed by atoms with van der Waals surface area (Å²) in [4.78, 5) is 26.0. The third kappa shape index (κ3) is 2.35. The van der Waals surface area contributed by atoms with E-state index in [-0.39, 0.29) is 29.3 Å². The van der Waals surface area contributed by atoms with E-state index >= 15 is 0 Å². The highest BCUT2D eigenvalue weighted by molar-refractivity contribution is 5.98. The molecule has 0 aliphatic rings. The maximum absolute atomic E-state index is 11.8. The van der Waals surface area contributed by atoms with Crippen LogP contribution in [0.1, 0.15) is 48.3 Å². The minimum absolute atomic E-state index is 0.0707. The van der Waals surface area contributed by atoms with Gasteiger partial charge in [-0.25, -0.2) is 4.79 Å². The van der Waals surface area contributed by atoms with Gasteiger partial charge in [0.1, 0.15) is 17.2 Å². The van der Waals surface area contributed by atoms with Gasteiger partial charge in [0, 0.05) is 5.69 Å². The van der Waals surface area contributed by atoms with Crippen LogP contribution in [-0.4, -0.2) is 17.6 Å². The van der Waals surface area contributed by atoms with Crippen molar-refractivity contribution in [1.29, 1.82) is 5.26 Å². The predicted octanol–water partition coefficient (Wildman–Crippen LogP) is 1.13. The minimum atomic E-state index is -0.750. The highest BCUT2D eigenvalue weighted by Crippen LogP contribution is 2.24. The van der Waals surface area contributed by atoms with Crippen molar-refractivity contribution in [3.63, 3.8) is 0 Å². The number of ether oxygens (including phenoxy) is 1. The van der Waals surface area contributed by atoms with Crippen molar-refractivity contribution in [1.82, 2.24) is 4.98 Å². The van der Waals surface area contributed by atoms with Crippen LogP contribution in [0.3, 0.4) is 0 Å². The zero-order chi connectivity index (χ0) is 13.9. The first-order valence-corrected chi connectivity index (χ1v) is 5.56. The molecule has 0 atom stereocenters. The molecule has 6 heteroatoms. The third-order valence-corrected chi connectivity index (χ3v) is 2.45. The van der Waals surface area contributed by atoms with E-state index in [9.17, 15) is 9.59 Å². The molecule has 0 saturated heterocycles. The van der Waals surface area contributed by atoms with Gasteiger partial charge in [-0.3, -0.25) is 4.79 Å². The van der Waals surface area contributed by atoms with Crippen molar-refractivity contribution in [2.75, 3.05) is 12.3 Å². The van der Waals surface area contributed by atoms with E-state index < -0.39 is 11.5 Å². The quantitative estimate of drug-likeness (QED) is 0.780. The second-order valence-corrected chi connectivity index (χ2v) is 4.02. The SMILES string of the molecule is CCOC(=O)c1c(N)c(C(C)C)[nH]c(=O)c1C#N. The van der Waals surface area contributed by atoms with Gasteiger partial charge in [-0.2, -0.15) is 5.26 Å². The van der Waals surface area contributed by atoms with Crippen molar-refractivity contribution in [3.8, 4) is 6.07 Å². The van der Waals surface area contributed by atoms with Crippen LogP contribution < -0.4 is 11.3 Å². The number of anilines is 1. The molecule has 0 aliphatic heterocycles. The van der Waals surface area contributed by atoms with E-state index in [0.29, 0.717) is 5.69 Å². The van der Waals surface area contributed by atoms with Crippen molar-refractivity contribution in [3.05, 3.63) is 27.2 Å². The van der Waals surface area contributed by atoms with Crippen LogP contribution in [0.25, 0.3) is 0 Å². The zero-order valence-corrected chi connectivity index (χ0v) is 10.5. The first-order valence-electron chi connectivity index (χ1n) is 5.56. The molecule has 18 heavy (non-hydrogen) atoms. The number of H-pyrrole nitrogens is 1. The standard InChI is InChI=1S/C12H15N3O3/c1-4-18-12(17)8-7(5-13)11(16)15-10(6(2)3)9(8)14/h6H,4,14H2,1-3H3,(H,15,16). The average molecular weight is 249 g/mol. The number of carbonyl (C=O) groups is 1. The van der Waals surface area contributed by atoms with E-state index in [0.717, 1.165) is 0 Å². The number of carbonyl (C=O) groups excluding carboxylic acids is 1. The van der Waals surface area contributed by atoms with Crippen molar-refractivity contribution in [2.45, 2.75) is 26.7 Å². The number of nitrogens with two attached hydrogens (primary N) is 1. The van der Waals surface area contributed by atoms with Gasteiger partial charge in [0.05, 0.1) is 12.3 Å². The van der Waals surface area contributed by atoms with Crippen molar-refractivity contribution < 1.29 is 9.53 Å². The topological polar surface area (TPSA) is 109 Å². The van der Waals surface area contributed by atoms with E-state index in [1.165, 1.54) is 0 Å². The first-order chi connectivity index (χ1) is 8.43. The number of nitriles is 1. The van der Waals surface area contributed by atoms with Crippen LogP contribution >= 0.6 is 0 Å². The Hall–Kier alpha value is -2.29. The lowest BCUT2D eigenvalue weighted by Crippen LogP contribution is -2.23. The largest absolute Gasteiger partial charge is 0.462 e. The smallest absolute Gasteiger partial charge is 0.341 e. The van der Waals surface area contributed by atoms with Gasteiger partial charge in [0.15, 0.2) is 0 Å². The fourth-order valence-corrected chi connectivity index (χ4v) is 1.61. The first kappa shape index (κ1) is 13.8. The molecule has 0 radical (unpaired) electrons. The van der Waals surface area contributed by atoms with Crippen LogP contribution in [0.5, 0.6) is 0 Å². The van der Waals surface area contributed by atoms with Gasteiger partial charge >= 0.3 is 5.97 Å². The van der Waals surface area contributed by atoms with Gasteiger partial charge in [-0.05, 0) is 12.8 Å². The molecule has 0 spiro atoms. The lowest BCUT2D eigenvalue weighted by Gasteiger charge is -2.13. The van der Waals surface area contributed by atoms with Crippen LogP contribution in [-0.2, 0) is 4.74 Å². The summed E-state index contributed by atoms with van der Waals surface area (Å²) < 4.78 is 4.82. The third-order valence-electron chi connectivity index (χ3n) is 2.45. The molecule has 1 aromatic heterocycles. The van der Waals surface area contributed by atoms with Crippen LogP contribution in [0, 0.1) is 11.3 Å². The Kier molecular flexibility index (Phi) is 4.10. The van der Waals surface area contributed by atoms with E-state index in [1.807, 2.05) is 13.8 Å².